The standard InChI is InChI=1S/C17H15N5O2/c1-17(2)14-10-12(8-9-13(14)15(23)18-17)24-16-19-20-21-22(16)11-6-4-3-5-7-11/h3-10H,1-2H3,(H,18,23). The number of rotatable bonds is 3. The molecule has 4 rings (SSSR count). The molecule has 2 aromatic carbocycles. The maximum Gasteiger partial charge on any atom is 0.345 e. The molecule has 7 nitrogen and oxygen atoms in total. The summed E-state index contributed by atoms with van der Waals surface area (Å²) < 4.78 is 7.36. The molecule has 2 heterocycles. The van der Waals surface area contributed by atoms with E-state index >= 15 is 0 Å². The Morgan fingerprint density at radius 1 is 1.12 bits per heavy atom. The van der Waals surface area contributed by atoms with Crippen molar-refractivity contribution in [2.45, 2.75) is 19.4 Å². The normalized spacial score (nSPS) is 15.0. The lowest BCUT2D eigenvalue weighted by Crippen LogP contribution is -2.32. The van der Waals surface area contributed by atoms with Gasteiger partial charge in [0.15, 0.2) is 0 Å². The van der Waals surface area contributed by atoms with Crippen LogP contribution < -0.4 is 10.1 Å². The summed E-state index contributed by atoms with van der Waals surface area (Å²) in [6.45, 7) is 3.91. The van der Waals surface area contributed by atoms with Crippen molar-refractivity contribution in [3.8, 4) is 17.4 Å². The van der Waals surface area contributed by atoms with Crippen LogP contribution in [0.3, 0.4) is 0 Å². The summed E-state index contributed by atoms with van der Waals surface area (Å²) in [4.78, 5) is 12.0. The minimum Gasteiger partial charge on any atom is -0.423 e. The number of ether oxygens (including phenoxy) is 1. The smallest absolute Gasteiger partial charge is 0.345 e. The van der Waals surface area contributed by atoms with E-state index in [0.29, 0.717) is 11.3 Å². The maximum atomic E-state index is 12.0. The van der Waals surface area contributed by atoms with Crippen molar-refractivity contribution < 1.29 is 9.53 Å². The Kier molecular flexibility index (Phi) is 3.09. The zero-order valence-corrected chi connectivity index (χ0v) is 13.2. The van der Waals surface area contributed by atoms with Gasteiger partial charge in [0.1, 0.15) is 5.75 Å². The highest BCUT2D eigenvalue weighted by molar-refractivity contribution is 6.00. The van der Waals surface area contributed by atoms with Crippen molar-refractivity contribution >= 4 is 5.91 Å². The summed E-state index contributed by atoms with van der Waals surface area (Å²) in [5.74, 6) is 0.501. The number of benzene rings is 2. The topological polar surface area (TPSA) is 81.9 Å². The van der Waals surface area contributed by atoms with Crippen molar-refractivity contribution in [2.75, 3.05) is 0 Å². The SMILES string of the molecule is CC1(C)NC(=O)c2ccc(Oc3nnnn3-c3ccccc3)cc21. The molecule has 0 radical (unpaired) electrons. The molecule has 0 saturated heterocycles. The molecule has 7 heteroatoms. The molecule has 0 spiro atoms. The zero-order chi connectivity index (χ0) is 16.7. The molecule has 1 N–H and O–H groups in total. The predicted octanol–water partition coefficient (Wildman–Crippen LogP) is 2.43. The molecule has 1 aliphatic rings. The van der Waals surface area contributed by atoms with Crippen molar-refractivity contribution in [2.24, 2.45) is 0 Å². The van der Waals surface area contributed by atoms with Crippen molar-refractivity contribution in [1.82, 2.24) is 25.5 Å². The second-order valence-electron chi connectivity index (χ2n) is 6.10. The maximum absolute atomic E-state index is 12.0. The molecule has 3 aromatic rings. The number of aromatic nitrogens is 4. The molecule has 24 heavy (non-hydrogen) atoms. The fourth-order valence-corrected chi connectivity index (χ4v) is 2.80. The fourth-order valence-electron chi connectivity index (χ4n) is 2.80. The van der Waals surface area contributed by atoms with E-state index in [2.05, 4.69) is 20.8 Å². The highest BCUT2D eigenvalue weighted by Gasteiger charge is 2.35. The Balaban J connectivity index is 1.69. The van der Waals surface area contributed by atoms with Crippen molar-refractivity contribution in [1.29, 1.82) is 0 Å². The first-order chi connectivity index (χ1) is 11.5. The van der Waals surface area contributed by atoms with Crippen LogP contribution >= 0.6 is 0 Å². The van der Waals surface area contributed by atoms with Gasteiger partial charge in [-0.3, -0.25) is 4.79 Å². The van der Waals surface area contributed by atoms with Gasteiger partial charge < -0.3 is 10.1 Å². The Labute approximate surface area is 138 Å². The number of hydrogen-bond acceptors (Lipinski definition) is 5. The van der Waals surface area contributed by atoms with Gasteiger partial charge in [-0.25, -0.2) is 0 Å². The third kappa shape index (κ3) is 2.30. The second kappa shape index (κ2) is 5.16. The predicted molar refractivity (Wildman–Crippen MR) is 86.2 cm³/mol. The summed E-state index contributed by atoms with van der Waals surface area (Å²) in [5.41, 5.74) is 1.92. The van der Waals surface area contributed by atoms with Gasteiger partial charge in [-0.15, -0.1) is 0 Å². The number of nitrogens with one attached hydrogen (secondary N) is 1. The Morgan fingerprint density at radius 2 is 1.92 bits per heavy atom. The fraction of sp³-hybridized carbons (Fsp3) is 0.176. The Hall–Kier alpha value is -3.22. The molecule has 0 aliphatic carbocycles. The van der Waals surface area contributed by atoms with Crippen molar-refractivity contribution in [3.05, 3.63) is 59.7 Å². The van der Waals surface area contributed by atoms with Crippen LogP contribution in [0.1, 0.15) is 29.8 Å². The average Bonchev–Trinajstić information content (AvgIpc) is 3.11. The molecule has 1 aromatic heterocycles. The van der Waals surface area contributed by atoms with Crippen LogP contribution in [0.4, 0.5) is 0 Å². The molecule has 0 atom stereocenters. The van der Waals surface area contributed by atoms with E-state index in [1.54, 1.807) is 12.1 Å². The lowest BCUT2D eigenvalue weighted by Gasteiger charge is -2.19. The summed E-state index contributed by atoms with van der Waals surface area (Å²) >= 11 is 0. The number of para-hydroxylation sites is 1. The largest absolute Gasteiger partial charge is 0.423 e. The van der Waals surface area contributed by atoms with E-state index in [4.69, 9.17) is 4.74 Å². The third-order valence-corrected chi connectivity index (χ3v) is 3.99. The number of tetrazole rings is 1. The second-order valence-corrected chi connectivity index (χ2v) is 6.10. The summed E-state index contributed by atoms with van der Waals surface area (Å²) in [5, 5.41) is 14.5. The third-order valence-electron chi connectivity index (χ3n) is 3.99. The first-order valence-corrected chi connectivity index (χ1v) is 7.53. The monoisotopic (exact) mass is 321 g/mol. The van der Waals surface area contributed by atoms with Crippen molar-refractivity contribution in [3.63, 3.8) is 0 Å². The Bertz CT molecular complexity index is 918. The van der Waals surface area contributed by atoms with Crippen LogP contribution in [0.5, 0.6) is 11.8 Å². The number of amides is 1. The molecule has 120 valence electrons. The van der Waals surface area contributed by atoms with Crippen LogP contribution in [0, 0.1) is 0 Å². The molecule has 0 fully saturated rings. The molecular weight excluding hydrogens is 306 g/mol. The summed E-state index contributed by atoms with van der Waals surface area (Å²) in [6, 6.07) is 15.1. The van der Waals surface area contributed by atoms with Gasteiger partial charge in [0.25, 0.3) is 5.91 Å². The van der Waals surface area contributed by atoms with Gasteiger partial charge in [0, 0.05) is 5.56 Å². The van der Waals surface area contributed by atoms with Gasteiger partial charge >= 0.3 is 6.01 Å². The van der Waals surface area contributed by atoms with Gasteiger partial charge in [-0.1, -0.05) is 23.3 Å². The quantitative estimate of drug-likeness (QED) is 0.801. The highest BCUT2D eigenvalue weighted by atomic mass is 16.5. The van der Waals surface area contributed by atoms with E-state index in [-0.39, 0.29) is 11.9 Å². The van der Waals surface area contributed by atoms with E-state index in [9.17, 15) is 4.79 Å². The van der Waals surface area contributed by atoms with Crippen LogP contribution in [0.15, 0.2) is 48.5 Å². The van der Waals surface area contributed by atoms with Gasteiger partial charge in [-0.2, -0.15) is 4.68 Å². The first kappa shape index (κ1) is 14.4. The first-order valence-electron chi connectivity index (χ1n) is 7.53. The van der Waals surface area contributed by atoms with E-state index in [1.165, 1.54) is 4.68 Å². The average molecular weight is 321 g/mol. The zero-order valence-electron chi connectivity index (χ0n) is 13.2. The van der Waals surface area contributed by atoms with Crippen LogP contribution in [0.25, 0.3) is 5.69 Å². The molecule has 0 unspecified atom stereocenters. The molecule has 0 bridgehead atoms. The van der Waals surface area contributed by atoms with Gasteiger partial charge in [0.05, 0.1) is 11.2 Å². The van der Waals surface area contributed by atoms with Crippen LogP contribution in [-0.4, -0.2) is 26.1 Å². The van der Waals surface area contributed by atoms with E-state index in [1.807, 2.05) is 50.2 Å². The molecule has 1 amide bonds. The van der Waals surface area contributed by atoms with E-state index < -0.39 is 5.54 Å². The van der Waals surface area contributed by atoms with Crippen LogP contribution in [0.2, 0.25) is 0 Å². The number of nitrogens with zero attached hydrogens (tertiary/aromatic N) is 4. The minimum atomic E-state index is -0.433. The lowest BCUT2D eigenvalue weighted by molar-refractivity contribution is 0.0940. The molecular formula is C17H15N5O2. The van der Waals surface area contributed by atoms with E-state index in [0.717, 1.165) is 11.3 Å². The minimum absolute atomic E-state index is 0.0735. The summed E-state index contributed by atoms with van der Waals surface area (Å²) in [6.07, 6.45) is 0. The Morgan fingerprint density at radius 3 is 2.71 bits per heavy atom. The molecule has 0 saturated carbocycles. The molecule has 1 aliphatic heterocycles. The number of fused-ring (bicyclic) bond motifs is 1. The van der Waals surface area contributed by atoms with Gasteiger partial charge in [-0.05, 0) is 60.2 Å². The van der Waals surface area contributed by atoms with Crippen LogP contribution in [-0.2, 0) is 5.54 Å². The number of carbonyl (C=O) groups is 1. The number of hydrogen-bond donors (Lipinski definition) is 1. The number of carbonyl (C=O) groups excluding carboxylic acids is 1. The summed E-state index contributed by atoms with van der Waals surface area (Å²) in [7, 11) is 0. The lowest BCUT2D eigenvalue weighted by atomic mass is 9.94. The van der Waals surface area contributed by atoms with Gasteiger partial charge in [0.2, 0.25) is 0 Å². The highest BCUT2D eigenvalue weighted by Crippen LogP contribution is 2.34.